The molecular weight excluding hydrogens is 465 g/mol. The van der Waals surface area contributed by atoms with Crippen LogP contribution in [0.3, 0.4) is 0 Å². The number of methoxy groups -OCH3 is 1. The number of amides is 2. The second kappa shape index (κ2) is 10.2. The average molecular weight is 490 g/mol. The molecule has 8 nitrogen and oxygen atoms in total. The molecule has 2 aromatic carbocycles. The lowest BCUT2D eigenvalue weighted by atomic mass is 10.0. The molecule has 1 atom stereocenters. The molecule has 174 valence electrons. The van der Waals surface area contributed by atoms with Crippen molar-refractivity contribution in [3.63, 3.8) is 0 Å². The number of benzene rings is 2. The number of nitrogens with one attached hydrogen (secondary N) is 2. The van der Waals surface area contributed by atoms with Gasteiger partial charge in [0.1, 0.15) is 11.6 Å². The maximum atomic E-state index is 13.4. The topological polar surface area (TPSA) is 99.6 Å². The Morgan fingerprint density at radius 3 is 2.45 bits per heavy atom. The predicted octanol–water partition coefficient (Wildman–Crippen LogP) is 5.73. The Bertz CT molecular complexity index is 1120. The molecule has 3 N–H and O–H groups in total. The average Bonchev–Trinajstić information content (AvgIpc) is 2.76. The highest BCUT2D eigenvalue weighted by molar-refractivity contribution is 6.36. The summed E-state index contributed by atoms with van der Waals surface area (Å²) in [7, 11) is 1.56. The first-order valence-corrected chi connectivity index (χ1v) is 10.9. The number of carbonyl (C=O) groups excluding carboxylic acids is 1. The number of anilines is 4. The second-order valence-corrected chi connectivity index (χ2v) is 8.69. The van der Waals surface area contributed by atoms with Crippen LogP contribution in [0.1, 0.15) is 20.8 Å². The molecular formula is C23H25Cl2N5O3. The van der Waals surface area contributed by atoms with Gasteiger partial charge in [0.25, 0.3) is 0 Å². The molecule has 10 heteroatoms. The van der Waals surface area contributed by atoms with E-state index in [0.29, 0.717) is 33.0 Å². The summed E-state index contributed by atoms with van der Waals surface area (Å²) < 4.78 is 5.22. The van der Waals surface area contributed by atoms with E-state index in [0.717, 1.165) is 0 Å². The largest absolute Gasteiger partial charge is 0.497 e. The van der Waals surface area contributed by atoms with Crippen molar-refractivity contribution in [3.8, 4) is 5.75 Å². The van der Waals surface area contributed by atoms with Gasteiger partial charge in [0.2, 0.25) is 5.95 Å². The Hall–Kier alpha value is -3.07. The first kappa shape index (κ1) is 24.6. The smallest absolute Gasteiger partial charge is 0.332 e. The minimum absolute atomic E-state index is 0.262. The van der Waals surface area contributed by atoms with Gasteiger partial charge in [-0.05, 0) is 63.2 Å². The second-order valence-electron chi connectivity index (χ2n) is 7.85. The van der Waals surface area contributed by atoms with Crippen LogP contribution >= 0.6 is 23.2 Å². The van der Waals surface area contributed by atoms with Crippen molar-refractivity contribution in [2.24, 2.45) is 0 Å². The Morgan fingerprint density at radius 2 is 1.85 bits per heavy atom. The first-order valence-electron chi connectivity index (χ1n) is 10.1. The van der Waals surface area contributed by atoms with Crippen LogP contribution in [0.4, 0.5) is 27.9 Å². The lowest BCUT2D eigenvalue weighted by Crippen LogP contribution is -2.40. The molecule has 0 spiro atoms. The third kappa shape index (κ3) is 6.25. The minimum Gasteiger partial charge on any atom is -0.497 e. The number of nitrogens with zero attached hydrogens (tertiary/aromatic N) is 3. The quantitative estimate of drug-likeness (QED) is 0.391. The number of halogens is 2. The predicted molar refractivity (Wildman–Crippen MR) is 132 cm³/mol. The summed E-state index contributed by atoms with van der Waals surface area (Å²) in [5.41, 5.74) is -0.0659. The van der Waals surface area contributed by atoms with Gasteiger partial charge >= 0.3 is 6.03 Å². The third-order valence-corrected chi connectivity index (χ3v) is 5.53. The molecule has 0 saturated heterocycles. The standard InChI is InChI=1S/C23H25Cl2N5O3/c1-14(23(2,3)32)27-21-26-12-11-20(29-21)30(16-6-8-17(33-4)9-7-16)22(31)28-19-10-5-15(24)13-18(19)25/h5-14,32H,1-4H3,(H,28,31)(H,26,27,29). The Balaban J connectivity index is 1.98. The molecule has 0 saturated carbocycles. The maximum absolute atomic E-state index is 13.4. The van der Waals surface area contributed by atoms with Crippen LogP contribution in [0.5, 0.6) is 5.75 Å². The van der Waals surface area contributed by atoms with E-state index < -0.39 is 11.6 Å². The van der Waals surface area contributed by atoms with Crippen LogP contribution in [-0.4, -0.2) is 39.9 Å². The van der Waals surface area contributed by atoms with E-state index in [9.17, 15) is 9.90 Å². The summed E-state index contributed by atoms with van der Waals surface area (Å²) in [5.74, 6) is 1.21. The Kier molecular flexibility index (Phi) is 7.63. The van der Waals surface area contributed by atoms with E-state index in [1.54, 1.807) is 69.5 Å². The molecule has 1 unspecified atom stereocenters. The molecule has 0 fully saturated rings. The fourth-order valence-corrected chi connectivity index (χ4v) is 3.22. The number of hydrogen-bond donors (Lipinski definition) is 3. The monoisotopic (exact) mass is 489 g/mol. The summed E-state index contributed by atoms with van der Waals surface area (Å²) in [6.07, 6.45) is 1.53. The van der Waals surface area contributed by atoms with Gasteiger partial charge in [-0.25, -0.2) is 14.7 Å². The van der Waals surface area contributed by atoms with Crippen LogP contribution in [-0.2, 0) is 0 Å². The normalized spacial score (nSPS) is 12.1. The lowest BCUT2D eigenvalue weighted by molar-refractivity contribution is 0.0646. The lowest BCUT2D eigenvalue weighted by Gasteiger charge is -2.27. The van der Waals surface area contributed by atoms with Crippen molar-refractivity contribution >= 4 is 52.4 Å². The SMILES string of the molecule is COc1ccc(N(C(=O)Nc2ccc(Cl)cc2Cl)c2ccnc(NC(C)C(C)(C)O)n2)cc1. The van der Waals surface area contributed by atoms with Gasteiger partial charge in [0.05, 0.1) is 35.2 Å². The van der Waals surface area contributed by atoms with Crippen molar-refractivity contribution in [2.45, 2.75) is 32.4 Å². The van der Waals surface area contributed by atoms with Crippen LogP contribution < -0.4 is 20.3 Å². The fraction of sp³-hybridized carbons (Fsp3) is 0.261. The first-order chi connectivity index (χ1) is 15.6. The van der Waals surface area contributed by atoms with Gasteiger partial charge < -0.3 is 20.5 Å². The van der Waals surface area contributed by atoms with E-state index in [-0.39, 0.29) is 12.0 Å². The highest BCUT2D eigenvalue weighted by atomic mass is 35.5. The number of aliphatic hydroxyl groups is 1. The van der Waals surface area contributed by atoms with Crippen molar-refractivity contribution in [1.82, 2.24) is 9.97 Å². The van der Waals surface area contributed by atoms with Crippen LogP contribution in [0.25, 0.3) is 0 Å². The van der Waals surface area contributed by atoms with Gasteiger partial charge in [-0.1, -0.05) is 23.2 Å². The van der Waals surface area contributed by atoms with Crippen molar-refractivity contribution in [3.05, 3.63) is 64.8 Å². The van der Waals surface area contributed by atoms with E-state index in [4.69, 9.17) is 27.9 Å². The molecule has 1 aromatic heterocycles. The molecule has 1 heterocycles. The van der Waals surface area contributed by atoms with Gasteiger partial charge in [0, 0.05) is 17.3 Å². The van der Waals surface area contributed by atoms with Gasteiger partial charge in [0.15, 0.2) is 0 Å². The van der Waals surface area contributed by atoms with Gasteiger partial charge in [-0.3, -0.25) is 0 Å². The number of ether oxygens (including phenoxy) is 1. The number of urea groups is 1. The van der Waals surface area contributed by atoms with Gasteiger partial charge in [-0.15, -0.1) is 0 Å². The van der Waals surface area contributed by atoms with Crippen LogP contribution in [0.2, 0.25) is 10.0 Å². The summed E-state index contributed by atoms with van der Waals surface area (Å²) in [6, 6.07) is 12.5. The Morgan fingerprint density at radius 1 is 1.15 bits per heavy atom. The molecule has 0 aliphatic heterocycles. The Labute approximate surface area is 202 Å². The third-order valence-electron chi connectivity index (χ3n) is 4.98. The molecule has 0 aliphatic rings. The number of rotatable bonds is 7. The molecule has 33 heavy (non-hydrogen) atoms. The van der Waals surface area contributed by atoms with Crippen molar-refractivity contribution in [2.75, 3.05) is 22.6 Å². The minimum atomic E-state index is -1.00. The van der Waals surface area contributed by atoms with Gasteiger partial charge in [-0.2, -0.15) is 4.98 Å². The molecule has 0 bridgehead atoms. The molecule has 0 radical (unpaired) electrons. The van der Waals surface area contributed by atoms with E-state index >= 15 is 0 Å². The van der Waals surface area contributed by atoms with E-state index in [1.165, 1.54) is 11.1 Å². The number of carbonyl (C=O) groups is 1. The summed E-state index contributed by atoms with van der Waals surface area (Å²) in [5, 5.41) is 16.8. The van der Waals surface area contributed by atoms with Crippen molar-refractivity contribution < 1.29 is 14.6 Å². The molecule has 0 aliphatic carbocycles. The van der Waals surface area contributed by atoms with Crippen LogP contribution in [0, 0.1) is 0 Å². The summed E-state index contributed by atoms with van der Waals surface area (Å²) in [4.78, 5) is 23.5. The highest BCUT2D eigenvalue weighted by Crippen LogP contribution is 2.30. The van der Waals surface area contributed by atoms with Crippen molar-refractivity contribution in [1.29, 1.82) is 0 Å². The number of hydrogen-bond acceptors (Lipinski definition) is 6. The highest BCUT2D eigenvalue weighted by Gasteiger charge is 2.25. The molecule has 3 rings (SSSR count). The zero-order valence-corrected chi connectivity index (χ0v) is 20.1. The summed E-state index contributed by atoms with van der Waals surface area (Å²) in [6.45, 7) is 5.18. The fourth-order valence-electron chi connectivity index (χ4n) is 2.76. The zero-order chi connectivity index (χ0) is 24.2. The van der Waals surface area contributed by atoms with Crippen LogP contribution in [0.15, 0.2) is 54.7 Å². The molecule has 3 aromatic rings. The summed E-state index contributed by atoms with van der Waals surface area (Å²) >= 11 is 12.2. The van der Waals surface area contributed by atoms with E-state index in [2.05, 4.69) is 20.6 Å². The van der Waals surface area contributed by atoms with E-state index in [1.807, 2.05) is 6.92 Å². The molecule has 2 amide bonds. The maximum Gasteiger partial charge on any atom is 0.332 e. The zero-order valence-electron chi connectivity index (χ0n) is 18.6. The number of aromatic nitrogens is 2.